The number of allylic oxidation sites excluding steroid dienone is 2. The summed E-state index contributed by atoms with van der Waals surface area (Å²) in [6.07, 6.45) is 8.95. The second-order valence-corrected chi connectivity index (χ2v) is 3.80. The van der Waals surface area contributed by atoms with Crippen LogP contribution in [0.2, 0.25) is 0 Å². The summed E-state index contributed by atoms with van der Waals surface area (Å²) < 4.78 is 0. The average molecular weight is 234 g/mol. The molecule has 0 fully saturated rings. The van der Waals surface area contributed by atoms with Crippen molar-refractivity contribution in [3.8, 4) is 0 Å². The van der Waals surface area contributed by atoms with Gasteiger partial charge in [-0.3, -0.25) is 0 Å². The normalized spacial score (nSPS) is 9.33. The Morgan fingerprint density at radius 3 is 1.72 bits per heavy atom. The molecule has 0 aliphatic heterocycles. The quantitative estimate of drug-likeness (QED) is 0.573. The molecule has 1 aromatic rings. The van der Waals surface area contributed by atoms with Crippen LogP contribution in [0.1, 0.15) is 27.8 Å². The molecule has 0 N–H and O–H groups in total. The van der Waals surface area contributed by atoms with Crippen LogP contribution in [-0.2, 0) is 0 Å². The summed E-state index contributed by atoms with van der Waals surface area (Å²) >= 11 is 0. The molecule has 0 spiro atoms. The third-order valence-corrected chi connectivity index (χ3v) is 2.91. The maximum atomic E-state index is 4.00. The van der Waals surface area contributed by atoms with Crippen LogP contribution >= 0.6 is 0 Å². The topological polar surface area (TPSA) is 0 Å². The molecule has 0 heterocycles. The van der Waals surface area contributed by atoms with Gasteiger partial charge in [0.05, 0.1) is 0 Å². The number of hydrogen-bond acceptors (Lipinski definition) is 0. The largest absolute Gasteiger partial charge is 0.0985 e. The first-order chi connectivity index (χ1) is 8.64. The molecule has 1 aromatic carbocycles. The van der Waals surface area contributed by atoms with Gasteiger partial charge in [0, 0.05) is 0 Å². The van der Waals surface area contributed by atoms with Crippen molar-refractivity contribution < 1.29 is 0 Å². The lowest BCUT2D eigenvalue weighted by Gasteiger charge is -2.15. The second kappa shape index (κ2) is 5.83. The Kier molecular flexibility index (Phi) is 4.45. The molecule has 1 rings (SSSR count). The summed E-state index contributed by atoms with van der Waals surface area (Å²) in [5.41, 5.74) is 5.85. The Labute approximate surface area is 110 Å². The zero-order chi connectivity index (χ0) is 13.7. The van der Waals surface area contributed by atoms with E-state index in [2.05, 4.69) is 39.5 Å². The Morgan fingerprint density at radius 2 is 1.33 bits per heavy atom. The zero-order valence-corrected chi connectivity index (χ0v) is 10.7. The highest BCUT2D eigenvalue weighted by atomic mass is 14.2. The zero-order valence-electron chi connectivity index (χ0n) is 10.7. The van der Waals surface area contributed by atoms with Crippen molar-refractivity contribution in [1.29, 1.82) is 0 Å². The summed E-state index contributed by atoms with van der Waals surface area (Å²) in [4.78, 5) is 0. The summed E-state index contributed by atoms with van der Waals surface area (Å²) in [6, 6.07) is 2.03. The number of hydrogen-bond donors (Lipinski definition) is 0. The van der Waals surface area contributed by atoms with E-state index >= 15 is 0 Å². The maximum absolute atomic E-state index is 4.00. The summed E-state index contributed by atoms with van der Waals surface area (Å²) in [5.74, 6) is 0. The smallest absolute Gasteiger partial charge is 0.0105 e. The first-order valence-electron chi connectivity index (χ1n) is 5.67. The lowest BCUT2D eigenvalue weighted by molar-refractivity contribution is 1.50. The minimum absolute atomic E-state index is 0.853. The molecule has 0 atom stereocenters. The molecule has 18 heavy (non-hydrogen) atoms. The number of rotatable bonds is 6. The van der Waals surface area contributed by atoms with E-state index in [1.54, 1.807) is 24.3 Å². The first-order valence-corrected chi connectivity index (χ1v) is 5.67. The van der Waals surface area contributed by atoms with E-state index in [1.807, 2.05) is 12.1 Å². The minimum Gasteiger partial charge on any atom is -0.0985 e. The SMILES string of the molecule is C=CC(=C)c1cc(C=C)c(C=C)c(C=C)c1C=C. The van der Waals surface area contributed by atoms with Crippen molar-refractivity contribution in [2.75, 3.05) is 0 Å². The Bertz CT molecular complexity index is 554. The number of benzene rings is 1. The molecular formula is C18H18. The Balaban J connectivity index is 3.85. The van der Waals surface area contributed by atoms with E-state index in [4.69, 9.17) is 0 Å². The third kappa shape index (κ3) is 2.18. The van der Waals surface area contributed by atoms with Gasteiger partial charge in [-0.2, -0.15) is 0 Å². The summed E-state index contributed by atoms with van der Waals surface area (Å²) in [7, 11) is 0. The molecule has 0 nitrogen and oxygen atoms in total. The van der Waals surface area contributed by atoms with Crippen LogP contribution in [0, 0.1) is 0 Å². The highest BCUT2D eigenvalue weighted by Crippen LogP contribution is 2.31. The monoisotopic (exact) mass is 234 g/mol. The fourth-order valence-corrected chi connectivity index (χ4v) is 1.97. The first kappa shape index (κ1) is 13.7. The maximum Gasteiger partial charge on any atom is -0.0105 e. The molecule has 90 valence electrons. The van der Waals surface area contributed by atoms with E-state index < -0.39 is 0 Å². The van der Waals surface area contributed by atoms with E-state index in [1.165, 1.54) is 0 Å². The van der Waals surface area contributed by atoms with E-state index in [0.717, 1.165) is 33.4 Å². The van der Waals surface area contributed by atoms with Crippen LogP contribution in [-0.4, -0.2) is 0 Å². The van der Waals surface area contributed by atoms with Crippen molar-refractivity contribution in [3.63, 3.8) is 0 Å². The van der Waals surface area contributed by atoms with Gasteiger partial charge in [-0.05, 0) is 39.5 Å². The van der Waals surface area contributed by atoms with Crippen LogP contribution < -0.4 is 0 Å². The molecule has 0 heteroatoms. The van der Waals surface area contributed by atoms with Crippen LogP contribution in [0.15, 0.2) is 51.6 Å². The van der Waals surface area contributed by atoms with E-state index in [0.29, 0.717) is 0 Å². The van der Waals surface area contributed by atoms with Crippen molar-refractivity contribution >= 4 is 29.9 Å². The van der Waals surface area contributed by atoms with Crippen LogP contribution in [0.5, 0.6) is 0 Å². The van der Waals surface area contributed by atoms with Crippen LogP contribution in [0.3, 0.4) is 0 Å². The van der Waals surface area contributed by atoms with Gasteiger partial charge in [0.15, 0.2) is 0 Å². The van der Waals surface area contributed by atoms with Gasteiger partial charge in [0.1, 0.15) is 0 Å². The lowest BCUT2D eigenvalue weighted by Crippen LogP contribution is -1.96. The molecule has 0 aliphatic rings. The predicted molar refractivity (Wildman–Crippen MR) is 86.0 cm³/mol. The molecule has 0 amide bonds. The second-order valence-electron chi connectivity index (χ2n) is 3.80. The van der Waals surface area contributed by atoms with Crippen molar-refractivity contribution in [2.45, 2.75) is 0 Å². The van der Waals surface area contributed by atoms with Crippen LogP contribution in [0.4, 0.5) is 0 Å². The van der Waals surface area contributed by atoms with Crippen molar-refractivity contribution in [2.24, 2.45) is 0 Å². The molecule has 0 aliphatic carbocycles. The van der Waals surface area contributed by atoms with E-state index in [-0.39, 0.29) is 0 Å². The van der Waals surface area contributed by atoms with E-state index in [9.17, 15) is 0 Å². The summed E-state index contributed by atoms with van der Waals surface area (Å²) in [5, 5.41) is 0. The molecule has 0 radical (unpaired) electrons. The van der Waals surface area contributed by atoms with Crippen molar-refractivity contribution in [3.05, 3.63) is 79.4 Å². The highest BCUT2D eigenvalue weighted by Gasteiger charge is 2.11. The average Bonchev–Trinajstić information content (AvgIpc) is 2.43. The molecule has 0 unspecified atom stereocenters. The molecule has 0 saturated carbocycles. The van der Waals surface area contributed by atoms with Crippen molar-refractivity contribution in [1.82, 2.24) is 0 Å². The van der Waals surface area contributed by atoms with Gasteiger partial charge in [-0.25, -0.2) is 0 Å². The fourth-order valence-electron chi connectivity index (χ4n) is 1.97. The third-order valence-electron chi connectivity index (χ3n) is 2.91. The lowest BCUT2D eigenvalue weighted by atomic mass is 9.88. The van der Waals surface area contributed by atoms with Gasteiger partial charge in [0.2, 0.25) is 0 Å². The molecule has 0 bridgehead atoms. The van der Waals surface area contributed by atoms with Gasteiger partial charge in [-0.1, -0.05) is 69.9 Å². The Hall–Kier alpha value is -2.34. The Morgan fingerprint density at radius 1 is 0.778 bits per heavy atom. The molecular weight excluding hydrogens is 216 g/mol. The highest BCUT2D eigenvalue weighted by molar-refractivity contribution is 5.88. The predicted octanol–water partition coefficient (Wildman–Crippen LogP) is 5.46. The summed E-state index contributed by atoms with van der Waals surface area (Å²) in [6.45, 7) is 23.2. The molecule has 0 saturated heterocycles. The van der Waals surface area contributed by atoms with Gasteiger partial charge < -0.3 is 0 Å². The fraction of sp³-hybridized carbons (Fsp3) is 0. The van der Waals surface area contributed by atoms with Gasteiger partial charge in [0.25, 0.3) is 0 Å². The van der Waals surface area contributed by atoms with Gasteiger partial charge >= 0.3 is 0 Å². The van der Waals surface area contributed by atoms with Gasteiger partial charge in [-0.15, -0.1) is 0 Å². The minimum atomic E-state index is 0.853. The standard InChI is InChI=1S/C18H18/c1-7-13(6)18-12-14(8-2)15(9-3)16(10-4)17(18)11-5/h7-12H,1-6H2. The molecule has 0 aromatic heterocycles. The van der Waals surface area contributed by atoms with Crippen LogP contribution in [0.25, 0.3) is 29.9 Å².